The molecule has 1 aromatic carbocycles. The number of aryl methyl sites for hydroxylation is 1. The lowest BCUT2D eigenvalue weighted by atomic mass is 10.2. The minimum Gasteiger partial charge on any atom is -0.246 e. The fourth-order valence-electron chi connectivity index (χ4n) is 1.77. The third-order valence-corrected chi connectivity index (χ3v) is 4.45. The van der Waals surface area contributed by atoms with Gasteiger partial charge in [0.1, 0.15) is 0 Å². The van der Waals surface area contributed by atoms with Crippen LogP contribution in [0.1, 0.15) is 24.8 Å². The van der Waals surface area contributed by atoms with Gasteiger partial charge in [-0.25, -0.2) is 4.31 Å². The van der Waals surface area contributed by atoms with E-state index in [9.17, 15) is 0 Å². The van der Waals surface area contributed by atoms with Crippen molar-refractivity contribution in [2.45, 2.75) is 31.1 Å². The minimum absolute atomic E-state index is 1.17. The molecule has 0 amide bonds. The minimum atomic E-state index is 1.17. The summed E-state index contributed by atoms with van der Waals surface area (Å²) >= 11 is 5.44. The van der Waals surface area contributed by atoms with Gasteiger partial charge in [-0.05, 0) is 49.4 Å². The Morgan fingerprint density at radius 3 is 2.67 bits per heavy atom. The molecule has 0 N–H and O–H groups in total. The highest BCUT2D eigenvalue weighted by Crippen LogP contribution is 2.30. The van der Waals surface area contributed by atoms with Crippen LogP contribution in [0.15, 0.2) is 27.6 Å². The topological polar surface area (TPSA) is 3.24 Å². The van der Waals surface area contributed by atoms with Gasteiger partial charge in [-0.15, -0.1) is 0 Å². The molecular formula is C12H16BrNS. The van der Waals surface area contributed by atoms with Crippen molar-refractivity contribution in [1.29, 1.82) is 0 Å². The fraction of sp³-hybridized carbons (Fsp3) is 0.500. The van der Waals surface area contributed by atoms with Crippen LogP contribution >= 0.6 is 27.9 Å². The molecule has 3 heteroatoms. The standard InChI is InChI=1S/C12H16BrNS/c1-10-5-6-11(13)9-12(10)15-14-7-3-2-4-8-14/h5-6,9H,2-4,7-8H2,1H3. The fourth-order valence-corrected chi connectivity index (χ4v) is 3.39. The van der Waals surface area contributed by atoms with Crippen molar-refractivity contribution in [1.82, 2.24) is 4.31 Å². The molecule has 0 aromatic heterocycles. The van der Waals surface area contributed by atoms with Crippen LogP contribution in [0.2, 0.25) is 0 Å². The van der Waals surface area contributed by atoms with Crippen LogP contribution in [0.3, 0.4) is 0 Å². The van der Waals surface area contributed by atoms with E-state index in [1.54, 1.807) is 0 Å². The van der Waals surface area contributed by atoms with E-state index in [4.69, 9.17) is 0 Å². The molecule has 2 rings (SSSR count). The van der Waals surface area contributed by atoms with E-state index in [0.717, 1.165) is 0 Å². The Bertz CT molecular complexity index is 334. The largest absolute Gasteiger partial charge is 0.246 e. The summed E-state index contributed by atoms with van der Waals surface area (Å²) in [5.74, 6) is 0. The predicted octanol–water partition coefficient (Wildman–Crippen LogP) is 4.25. The maximum Gasteiger partial charge on any atom is 0.0270 e. The highest BCUT2D eigenvalue weighted by molar-refractivity contribution is 9.10. The second kappa shape index (κ2) is 5.37. The average molecular weight is 286 g/mol. The molecule has 82 valence electrons. The monoisotopic (exact) mass is 285 g/mol. The van der Waals surface area contributed by atoms with Crippen LogP contribution in [0.5, 0.6) is 0 Å². The first-order chi connectivity index (χ1) is 7.25. The van der Waals surface area contributed by atoms with Gasteiger partial charge >= 0.3 is 0 Å². The number of hydrogen-bond acceptors (Lipinski definition) is 2. The summed E-state index contributed by atoms with van der Waals surface area (Å²) in [6.07, 6.45) is 4.09. The summed E-state index contributed by atoms with van der Waals surface area (Å²) in [6.45, 7) is 4.64. The number of benzene rings is 1. The molecule has 0 saturated carbocycles. The van der Waals surface area contributed by atoms with Crippen LogP contribution < -0.4 is 0 Å². The molecule has 1 aliphatic heterocycles. The first-order valence-electron chi connectivity index (χ1n) is 5.45. The van der Waals surface area contributed by atoms with Crippen LogP contribution in [-0.4, -0.2) is 17.4 Å². The van der Waals surface area contributed by atoms with Gasteiger partial charge in [0.15, 0.2) is 0 Å². The molecule has 0 unspecified atom stereocenters. The SMILES string of the molecule is Cc1ccc(Br)cc1SN1CCCCC1. The molecular weight excluding hydrogens is 270 g/mol. The summed E-state index contributed by atoms with van der Waals surface area (Å²) in [4.78, 5) is 1.38. The molecule has 15 heavy (non-hydrogen) atoms. The van der Waals surface area contributed by atoms with Gasteiger partial charge in [0.25, 0.3) is 0 Å². The van der Waals surface area contributed by atoms with Gasteiger partial charge in [0, 0.05) is 22.5 Å². The van der Waals surface area contributed by atoms with Crippen molar-refractivity contribution in [3.63, 3.8) is 0 Å². The Hall–Kier alpha value is 0.01000. The van der Waals surface area contributed by atoms with E-state index in [1.165, 1.54) is 47.3 Å². The summed E-state index contributed by atoms with van der Waals surface area (Å²) < 4.78 is 3.66. The number of rotatable bonds is 2. The van der Waals surface area contributed by atoms with Gasteiger partial charge < -0.3 is 0 Å². The second-order valence-electron chi connectivity index (χ2n) is 3.99. The first-order valence-corrected chi connectivity index (χ1v) is 7.01. The Balaban J connectivity index is 2.05. The van der Waals surface area contributed by atoms with E-state index in [1.807, 2.05) is 11.9 Å². The smallest absolute Gasteiger partial charge is 0.0270 e. The van der Waals surface area contributed by atoms with Crippen molar-refractivity contribution < 1.29 is 0 Å². The van der Waals surface area contributed by atoms with E-state index in [2.05, 4.69) is 45.4 Å². The maximum atomic E-state index is 3.53. The van der Waals surface area contributed by atoms with Crippen molar-refractivity contribution in [2.24, 2.45) is 0 Å². The number of halogens is 1. The lowest BCUT2D eigenvalue weighted by Gasteiger charge is -2.25. The average Bonchev–Trinajstić information content (AvgIpc) is 2.25. The van der Waals surface area contributed by atoms with E-state index < -0.39 is 0 Å². The molecule has 1 aliphatic rings. The van der Waals surface area contributed by atoms with Crippen LogP contribution in [0, 0.1) is 6.92 Å². The molecule has 1 fully saturated rings. The predicted molar refractivity (Wildman–Crippen MR) is 70.2 cm³/mol. The van der Waals surface area contributed by atoms with Gasteiger partial charge in [-0.1, -0.05) is 28.4 Å². The van der Waals surface area contributed by atoms with E-state index in [-0.39, 0.29) is 0 Å². The number of hydrogen-bond donors (Lipinski definition) is 0. The zero-order chi connectivity index (χ0) is 10.7. The van der Waals surface area contributed by atoms with Crippen molar-refractivity contribution in [3.05, 3.63) is 28.2 Å². The number of nitrogens with zero attached hydrogens (tertiary/aromatic N) is 1. The van der Waals surface area contributed by atoms with E-state index in [0.29, 0.717) is 0 Å². The summed E-state index contributed by atoms with van der Waals surface area (Å²) in [6, 6.07) is 6.50. The summed E-state index contributed by atoms with van der Waals surface area (Å²) in [5, 5.41) is 0. The molecule has 1 saturated heterocycles. The molecule has 0 atom stereocenters. The van der Waals surface area contributed by atoms with Crippen LogP contribution in [-0.2, 0) is 0 Å². The van der Waals surface area contributed by atoms with Gasteiger partial charge in [0.2, 0.25) is 0 Å². The van der Waals surface area contributed by atoms with Crippen LogP contribution in [0.4, 0.5) is 0 Å². The summed E-state index contributed by atoms with van der Waals surface area (Å²) in [7, 11) is 0. The molecule has 1 heterocycles. The van der Waals surface area contributed by atoms with Crippen molar-refractivity contribution in [3.8, 4) is 0 Å². The Kier molecular flexibility index (Phi) is 4.12. The highest BCUT2D eigenvalue weighted by Gasteiger charge is 2.12. The lowest BCUT2D eigenvalue weighted by Crippen LogP contribution is -2.22. The summed E-state index contributed by atoms with van der Waals surface area (Å²) in [5.41, 5.74) is 1.37. The third kappa shape index (κ3) is 3.23. The zero-order valence-electron chi connectivity index (χ0n) is 9.00. The van der Waals surface area contributed by atoms with E-state index >= 15 is 0 Å². The quantitative estimate of drug-likeness (QED) is 0.748. The number of piperidine rings is 1. The normalized spacial score (nSPS) is 18.0. The Labute approximate surface area is 105 Å². The molecule has 0 aliphatic carbocycles. The second-order valence-corrected chi connectivity index (χ2v) is 6.05. The maximum absolute atomic E-state index is 3.53. The van der Waals surface area contributed by atoms with Crippen molar-refractivity contribution >= 4 is 27.9 Å². The molecule has 1 nitrogen and oxygen atoms in total. The Morgan fingerprint density at radius 1 is 1.20 bits per heavy atom. The molecule has 1 aromatic rings. The lowest BCUT2D eigenvalue weighted by molar-refractivity contribution is 0.380. The molecule has 0 bridgehead atoms. The molecule has 0 radical (unpaired) electrons. The highest BCUT2D eigenvalue weighted by atomic mass is 79.9. The Morgan fingerprint density at radius 2 is 1.93 bits per heavy atom. The van der Waals surface area contributed by atoms with Crippen molar-refractivity contribution in [2.75, 3.05) is 13.1 Å². The third-order valence-electron chi connectivity index (χ3n) is 2.69. The van der Waals surface area contributed by atoms with Gasteiger partial charge in [-0.2, -0.15) is 0 Å². The van der Waals surface area contributed by atoms with Crippen LogP contribution in [0.25, 0.3) is 0 Å². The molecule has 0 spiro atoms. The zero-order valence-corrected chi connectivity index (χ0v) is 11.4. The van der Waals surface area contributed by atoms with Gasteiger partial charge in [0.05, 0.1) is 0 Å². The van der Waals surface area contributed by atoms with Gasteiger partial charge in [-0.3, -0.25) is 0 Å². The first kappa shape index (κ1) is 11.5.